The van der Waals surface area contributed by atoms with Gasteiger partial charge >= 0.3 is 0 Å². The van der Waals surface area contributed by atoms with Crippen molar-refractivity contribution in [2.24, 2.45) is 5.92 Å². The molecular weight excluding hydrogens is 247 g/mol. The second-order valence-electron chi connectivity index (χ2n) is 5.18. The third kappa shape index (κ3) is 3.68. The minimum absolute atomic E-state index is 0.0192. The lowest BCUT2D eigenvalue weighted by Crippen LogP contribution is -2.51. The van der Waals surface area contributed by atoms with Crippen molar-refractivity contribution in [3.8, 4) is 0 Å². The molecule has 0 saturated carbocycles. The van der Waals surface area contributed by atoms with Gasteiger partial charge in [0.2, 0.25) is 11.6 Å². The molecule has 0 bridgehead atoms. The minimum Gasteiger partial charge on any atom is -0.341 e. The monoisotopic (exact) mass is 272 g/mol. The Kier molecular flexibility index (Phi) is 6.07. The van der Waals surface area contributed by atoms with E-state index in [1.807, 2.05) is 25.4 Å². The van der Waals surface area contributed by atoms with Gasteiger partial charge in [0.05, 0.1) is 0 Å². The van der Waals surface area contributed by atoms with Crippen molar-refractivity contribution in [1.29, 1.82) is 0 Å². The van der Waals surface area contributed by atoms with E-state index >= 15 is 0 Å². The van der Waals surface area contributed by atoms with Gasteiger partial charge in [-0.05, 0) is 40.4 Å². The zero-order chi connectivity index (χ0) is 13.7. The SMILES string of the molecule is CC[C@@H]1CCCN1C(=O)[C@@H](NC(=O)PC)C(C)C. The fourth-order valence-corrected chi connectivity index (χ4v) is 2.76. The van der Waals surface area contributed by atoms with E-state index < -0.39 is 0 Å². The maximum atomic E-state index is 12.5. The van der Waals surface area contributed by atoms with Crippen LogP contribution in [0.4, 0.5) is 4.79 Å². The van der Waals surface area contributed by atoms with E-state index in [1.54, 1.807) is 0 Å². The summed E-state index contributed by atoms with van der Waals surface area (Å²) in [6, 6.07) is -0.00294. The summed E-state index contributed by atoms with van der Waals surface area (Å²) in [5.74, 6) is 0.233. The van der Waals surface area contributed by atoms with Gasteiger partial charge in [0.1, 0.15) is 6.04 Å². The number of hydrogen-bond donors (Lipinski definition) is 1. The molecule has 104 valence electrons. The molecule has 18 heavy (non-hydrogen) atoms. The van der Waals surface area contributed by atoms with Crippen LogP contribution in [0.3, 0.4) is 0 Å². The van der Waals surface area contributed by atoms with E-state index in [4.69, 9.17) is 0 Å². The van der Waals surface area contributed by atoms with Crippen LogP contribution in [0.1, 0.15) is 40.0 Å². The van der Waals surface area contributed by atoms with Gasteiger partial charge in [0.25, 0.3) is 0 Å². The fourth-order valence-electron chi connectivity index (χ4n) is 2.46. The van der Waals surface area contributed by atoms with E-state index in [1.165, 1.54) is 0 Å². The molecule has 2 amide bonds. The normalized spacial score (nSPS) is 21.8. The average Bonchev–Trinajstić information content (AvgIpc) is 2.82. The summed E-state index contributed by atoms with van der Waals surface area (Å²) in [4.78, 5) is 26.0. The minimum atomic E-state index is -0.364. The van der Waals surface area contributed by atoms with E-state index in [0.29, 0.717) is 6.04 Å². The summed E-state index contributed by atoms with van der Waals surface area (Å²) >= 11 is 0. The second kappa shape index (κ2) is 7.08. The van der Waals surface area contributed by atoms with Crippen LogP contribution in [0.5, 0.6) is 0 Å². The van der Waals surface area contributed by atoms with Gasteiger partial charge in [-0.3, -0.25) is 9.59 Å². The highest BCUT2D eigenvalue weighted by Crippen LogP contribution is 2.22. The van der Waals surface area contributed by atoms with Gasteiger partial charge in [-0.1, -0.05) is 20.8 Å². The van der Waals surface area contributed by atoms with E-state index in [-0.39, 0.29) is 32.1 Å². The lowest BCUT2D eigenvalue weighted by atomic mass is 10.0. The molecule has 1 heterocycles. The lowest BCUT2D eigenvalue weighted by molar-refractivity contribution is -0.135. The summed E-state index contributed by atoms with van der Waals surface area (Å²) < 4.78 is 0. The Morgan fingerprint density at radius 2 is 2.11 bits per heavy atom. The number of nitrogens with zero attached hydrogens (tertiary/aromatic N) is 1. The topological polar surface area (TPSA) is 49.4 Å². The largest absolute Gasteiger partial charge is 0.341 e. The van der Waals surface area contributed by atoms with Crippen LogP contribution >= 0.6 is 8.58 Å². The Hall–Kier alpha value is -0.630. The van der Waals surface area contributed by atoms with E-state index in [9.17, 15) is 9.59 Å². The molecule has 1 unspecified atom stereocenters. The number of amides is 2. The molecule has 0 aliphatic carbocycles. The van der Waals surface area contributed by atoms with Crippen LogP contribution in [0.2, 0.25) is 0 Å². The lowest BCUT2D eigenvalue weighted by Gasteiger charge is -2.30. The highest BCUT2D eigenvalue weighted by Gasteiger charge is 2.34. The molecule has 3 atom stereocenters. The molecule has 1 saturated heterocycles. The summed E-state index contributed by atoms with van der Waals surface area (Å²) in [5, 5.41) is 2.87. The molecule has 0 aromatic rings. The summed E-state index contributed by atoms with van der Waals surface area (Å²) in [7, 11) is 0.194. The molecule has 5 heteroatoms. The maximum Gasteiger partial charge on any atom is 0.245 e. The Morgan fingerprint density at radius 3 is 2.61 bits per heavy atom. The Bertz CT molecular complexity index is 307. The van der Waals surface area contributed by atoms with Crippen molar-refractivity contribution >= 4 is 20.1 Å². The van der Waals surface area contributed by atoms with Crippen molar-refractivity contribution in [1.82, 2.24) is 10.2 Å². The van der Waals surface area contributed by atoms with E-state index in [2.05, 4.69) is 12.2 Å². The predicted molar refractivity (Wildman–Crippen MR) is 76.4 cm³/mol. The highest BCUT2D eigenvalue weighted by atomic mass is 31.1. The summed E-state index contributed by atoms with van der Waals surface area (Å²) in [5.41, 5.74) is -0.0192. The summed E-state index contributed by atoms with van der Waals surface area (Å²) in [6.45, 7) is 8.76. The van der Waals surface area contributed by atoms with Crippen LogP contribution in [0.15, 0.2) is 0 Å². The number of hydrogen-bond acceptors (Lipinski definition) is 2. The van der Waals surface area contributed by atoms with Gasteiger partial charge < -0.3 is 10.2 Å². The smallest absolute Gasteiger partial charge is 0.245 e. The van der Waals surface area contributed by atoms with Crippen molar-refractivity contribution in [3.05, 3.63) is 0 Å². The number of carbonyl (C=O) groups excluding carboxylic acids is 2. The molecule has 0 aromatic carbocycles. The van der Waals surface area contributed by atoms with Crippen molar-refractivity contribution in [3.63, 3.8) is 0 Å². The van der Waals surface area contributed by atoms with Gasteiger partial charge in [0, 0.05) is 12.6 Å². The third-order valence-corrected chi connectivity index (χ3v) is 4.18. The zero-order valence-electron chi connectivity index (χ0n) is 11.8. The first kappa shape index (κ1) is 15.4. The molecule has 0 aromatic heterocycles. The molecule has 1 aliphatic rings. The van der Waals surface area contributed by atoms with Crippen LogP contribution in [-0.4, -0.2) is 41.7 Å². The summed E-state index contributed by atoms with van der Waals surface area (Å²) in [6.07, 6.45) is 3.18. The molecule has 0 radical (unpaired) electrons. The van der Waals surface area contributed by atoms with Crippen LogP contribution < -0.4 is 5.32 Å². The average molecular weight is 272 g/mol. The Morgan fingerprint density at radius 1 is 1.44 bits per heavy atom. The van der Waals surface area contributed by atoms with Crippen molar-refractivity contribution < 1.29 is 9.59 Å². The molecular formula is C13H25N2O2P. The zero-order valence-corrected chi connectivity index (χ0v) is 12.8. The first-order valence-electron chi connectivity index (χ1n) is 6.80. The molecule has 1 fully saturated rings. The molecule has 1 rings (SSSR count). The first-order chi connectivity index (χ1) is 8.51. The highest BCUT2D eigenvalue weighted by molar-refractivity contribution is 7.56. The van der Waals surface area contributed by atoms with Crippen LogP contribution in [0.25, 0.3) is 0 Å². The predicted octanol–water partition coefficient (Wildman–Crippen LogP) is 2.43. The number of carbonyl (C=O) groups is 2. The van der Waals surface area contributed by atoms with Crippen LogP contribution in [0, 0.1) is 5.92 Å². The van der Waals surface area contributed by atoms with Crippen LogP contribution in [-0.2, 0) is 4.79 Å². The third-order valence-electron chi connectivity index (χ3n) is 3.58. The Balaban J connectivity index is 2.73. The van der Waals surface area contributed by atoms with Crippen molar-refractivity contribution in [2.75, 3.05) is 13.2 Å². The molecule has 1 N–H and O–H groups in total. The quantitative estimate of drug-likeness (QED) is 0.781. The molecule has 4 nitrogen and oxygen atoms in total. The molecule has 0 spiro atoms. The van der Waals surface area contributed by atoms with Gasteiger partial charge in [-0.2, -0.15) is 0 Å². The van der Waals surface area contributed by atoms with Gasteiger partial charge in [-0.15, -0.1) is 0 Å². The molecule has 1 aliphatic heterocycles. The number of rotatable bonds is 5. The standard InChI is InChI=1S/C13H25N2O2P/c1-5-10-7-6-8-15(10)12(16)11(9(2)3)14-13(17)18-4/h9-11,18H,5-8H2,1-4H3,(H,14,17)/t10-,11+/m1/s1. The van der Waals surface area contributed by atoms with Crippen molar-refractivity contribution in [2.45, 2.75) is 52.1 Å². The maximum absolute atomic E-state index is 12.5. The second-order valence-corrected chi connectivity index (χ2v) is 6.14. The Labute approximate surface area is 112 Å². The fraction of sp³-hybridized carbons (Fsp3) is 0.846. The van der Waals surface area contributed by atoms with Gasteiger partial charge in [-0.25, -0.2) is 0 Å². The number of likely N-dealkylation sites (tertiary alicyclic amines) is 1. The number of nitrogens with one attached hydrogen (secondary N) is 1. The van der Waals surface area contributed by atoms with E-state index in [0.717, 1.165) is 25.8 Å². The van der Waals surface area contributed by atoms with Gasteiger partial charge in [0.15, 0.2) is 0 Å². The first-order valence-corrected chi connectivity index (χ1v) is 8.30.